The Kier molecular flexibility index (Phi) is 8.48. The van der Waals surface area contributed by atoms with Crippen molar-refractivity contribution in [3.63, 3.8) is 0 Å². The summed E-state index contributed by atoms with van der Waals surface area (Å²) in [6.07, 6.45) is 9.38. The highest BCUT2D eigenvalue weighted by Gasteiger charge is 2.28. The van der Waals surface area contributed by atoms with Crippen LogP contribution in [-0.2, 0) is 19.6 Å². The first-order valence-electron chi connectivity index (χ1n) is 11.6. The van der Waals surface area contributed by atoms with Crippen molar-refractivity contribution in [3.05, 3.63) is 41.0 Å². The number of esters is 1. The van der Waals surface area contributed by atoms with Crippen LogP contribution in [0.25, 0.3) is 0 Å². The summed E-state index contributed by atoms with van der Waals surface area (Å²) in [5.74, 6) is -1.07. The van der Waals surface area contributed by atoms with Gasteiger partial charge in [0.05, 0.1) is 10.5 Å². The van der Waals surface area contributed by atoms with Crippen molar-refractivity contribution < 1.29 is 22.7 Å². The van der Waals surface area contributed by atoms with E-state index in [9.17, 15) is 18.0 Å². The lowest BCUT2D eigenvalue weighted by Gasteiger charge is -2.26. The molecule has 1 aliphatic heterocycles. The molecule has 0 aromatic heterocycles. The molecule has 1 aromatic rings. The fraction of sp³-hybridized carbons (Fsp3) is 0.583. The van der Waals surface area contributed by atoms with Gasteiger partial charge < -0.3 is 10.1 Å². The standard InChI is InChI=1S/C24H34N2O5S/c1-18-11-12-21(17-22(18)32(29,30)26-15-7-4-8-16-26)24(28)31-19(2)23(27)25-14-13-20-9-5-3-6-10-20/h9,11-12,17,19H,3-8,10,13-16H2,1-2H3,(H,25,27)/t19-/m0/s1. The molecule has 1 atom stereocenters. The molecule has 7 nitrogen and oxygen atoms in total. The maximum atomic E-state index is 13.1. The van der Waals surface area contributed by atoms with Crippen molar-refractivity contribution in [2.24, 2.45) is 0 Å². The summed E-state index contributed by atoms with van der Waals surface area (Å²) in [7, 11) is -3.68. The number of benzene rings is 1. The largest absolute Gasteiger partial charge is 0.449 e. The molecular formula is C24H34N2O5S. The van der Waals surface area contributed by atoms with Crippen LogP contribution in [0.5, 0.6) is 0 Å². The summed E-state index contributed by atoms with van der Waals surface area (Å²) in [4.78, 5) is 25.1. The Morgan fingerprint density at radius 3 is 2.56 bits per heavy atom. The van der Waals surface area contributed by atoms with Crippen molar-refractivity contribution in [1.82, 2.24) is 9.62 Å². The zero-order valence-electron chi connectivity index (χ0n) is 19.1. The van der Waals surface area contributed by atoms with Gasteiger partial charge in [-0.15, -0.1) is 0 Å². The molecule has 1 aliphatic carbocycles. The summed E-state index contributed by atoms with van der Waals surface area (Å²) in [6.45, 7) is 4.72. The summed E-state index contributed by atoms with van der Waals surface area (Å²) in [5.41, 5.74) is 2.07. The number of carbonyl (C=O) groups is 2. The maximum Gasteiger partial charge on any atom is 0.338 e. The van der Waals surface area contributed by atoms with Gasteiger partial charge in [0.2, 0.25) is 10.0 Å². The lowest BCUT2D eigenvalue weighted by Crippen LogP contribution is -2.37. The number of rotatable bonds is 8. The number of hydrogen-bond acceptors (Lipinski definition) is 5. The Morgan fingerprint density at radius 1 is 1.12 bits per heavy atom. The predicted octanol–water partition coefficient (Wildman–Crippen LogP) is 3.72. The van der Waals surface area contributed by atoms with Crippen LogP contribution in [0.15, 0.2) is 34.7 Å². The van der Waals surface area contributed by atoms with Crippen molar-refractivity contribution in [3.8, 4) is 0 Å². The van der Waals surface area contributed by atoms with Crippen molar-refractivity contribution >= 4 is 21.9 Å². The van der Waals surface area contributed by atoms with Crippen LogP contribution in [0, 0.1) is 6.92 Å². The fourth-order valence-corrected chi connectivity index (χ4v) is 5.92. The molecule has 1 heterocycles. The van der Waals surface area contributed by atoms with E-state index in [2.05, 4.69) is 11.4 Å². The molecule has 8 heteroatoms. The molecule has 0 unspecified atom stereocenters. The molecule has 0 saturated carbocycles. The Labute approximate surface area is 191 Å². The van der Waals surface area contributed by atoms with Gasteiger partial charge in [-0.1, -0.05) is 24.1 Å². The number of ether oxygens (including phenoxy) is 1. The Bertz CT molecular complexity index is 965. The molecular weight excluding hydrogens is 428 g/mol. The van der Waals surface area contributed by atoms with Gasteiger partial charge in [0.1, 0.15) is 0 Å². The number of sulfonamides is 1. The topological polar surface area (TPSA) is 92.8 Å². The molecule has 32 heavy (non-hydrogen) atoms. The van der Waals surface area contributed by atoms with Crippen LogP contribution < -0.4 is 5.32 Å². The molecule has 1 N–H and O–H groups in total. The van der Waals surface area contributed by atoms with E-state index in [1.54, 1.807) is 13.0 Å². The van der Waals surface area contributed by atoms with Gasteiger partial charge in [0, 0.05) is 19.6 Å². The first-order chi connectivity index (χ1) is 15.3. The lowest BCUT2D eigenvalue weighted by molar-refractivity contribution is -0.129. The number of hydrogen-bond donors (Lipinski definition) is 1. The van der Waals surface area contributed by atoms with Crippen LogP contribution >= 0.6 is 0 Å². The first-order valence-corrected chi connectivity index (χ1v) is 13.0. The monoisotopic (exact) mass is 462 g/mol. The fourth-order valence-electron chi connectivity index (χ4n) is 4.15. The molecule has 176 valence electrons. The molecule has 1 amide bonds. The second kappa shape index (κ2) is 11.1. The van der Waals surface area contributed by atoms with Gasteiger partial charge in [-0.2, -0.15) is 4.31 Å². The van der Waals surface area contributed by atoms with Gasteiger partial charge in [-0.25, -0.2) is 13.2 Å². The third-order valence-corrected chi connectivity index (χ3v) is 8.18. The minimum absolute atomic E-state index is 0.117. The zero-order chi connectivity index (χ0) is 23.1. The molecule has 1 saturated heterocycles. The molecule has 2 aliphatic rings. The van der Waals surface area contributed by atoms with Gasteiger partial charge in [0.25, 0.3) is 5.91 Å². The highest BCUT2D eigenvalue weighted by Crippen LogP contribution is 2.25. The highest BCUT2D eigenvalue weighted by molar-refractivity contribution is 7.89. The van der Waals surface area contributed by atoms with Gasteiger partial charge in [-0.05, 0) is 76.5 Å². The molecule has 0 spiro atoms. The number of allylic oxidation sites excluding steroid dienone is 1. The average molecular weight is 463 g/mol. The highest BCUT2D eigenvalue weighted by atomic mass is 32.2. The van der Waals surface area contributed by atoms with Gasteiger partial charge in [-0.3, -0.25) is 4.79 Å². The van der Waals surface area contributed by atoms with Gasteiger partial charge in [0.15, 0.2) is 6.10 Å². The molecule has 1 aromatic carbocycles. The summed E-state index contributed by atoms with van der Waals surface area (Å²) in [5, 5.41) is 2.81. The minimum atomic E-state index is -3.68. The van der Waals surface area contributed by atoms with Crippen LogP contribution in [0.4, 0.5) is 0 Å². The van der Waals surface area contributed by atoms with Crippen LogP contribution in [0.3, 0.4) is 0 Å². The third kappa shape index (κ3) is 6.19. The average Bonchev–Trinajstić information content (AvgIpc) is 2.80. The maximum absolute atomic E-state index is 13.1. The van der Waals surface area contributed by atoms with E-state index in [4.69, 9.17) is 4.74 Å². The minimum Gasteiger partial charge on any atom is -0.449 e. The SMILES string of the molecule is Cc1ccc(C(=O)O[C@@H](C)C(=O)NCCC2=CCCCC2)cc1S(=O)(=O)N1CCCCC1. The predicted molar refractivity (Wildman–Crippen MR) is 123 cm³/mol. The van der Waals surface area contributed by atoms with E-state index >= 15 is 0 Å². The van der Waals surface area contributed by atoms with E-state index in [1.165, 1.54) is 41.8 Å². The number of carbonyl (C=O) groups excluding carboxylic acids is 2. The third-order valence-electron chi connectivity index (χ3n) is 6.14. The lowest BCUT2D eigenvalue weighted by atomic mass is 9.97. The van der Waals surface area contributed by atoms with Crippen LogP contribution in [0.1, 0.15) is 74.2 Å². The number of nitrogens with zero attached hydrogens (tertiary/aromatic N) is 1. The normalized spacial score (nSPS) is 18.5. The molecule has 3 rings (SSSR count). The Hall–Kier alpha value is -2.19. The summed E-state index contributed by atoms with van der Waals surface area (Å²) in [6, 6.07) is 4.50. The number of aryl methyl sites for hydroxylation is 1. The number of amides is 1. The van der Waals surface area contributed by atoms with E-state index in [-0.39, 0.29) is 16.4 Å². The van der Waals surface area contributed by atoms with E-state index < -0.39 is 22.1 Å². The smallest absolute Gasteiger partial charge is 0.338 e. The van der Waals surface area contributed by atoms with Crippen molar-refractivity contribution in [2.75, 3.05) is 19.6 Å². The van der Waals surface area contributed by atoms with Crippen molar-refractivity contribution in [1.29, 1.82) is 0 Å². The second-order valence-corrected chi connectivity index (χ2v) is 10.5. The number of nitrogens with one attached hydrogen (secondary N) is 1. The Morgan fingerprint density at radius 2 is 1.88 bits per heavy atom. The van der Waals surface area contributed by atoms with Crippen LogP contribution in [0.2, 0.25) is 0 Å². The first kappa shape index (κ1) is 24.5. The van der Waals surface area contributed by atoms with Crippen LogP contribution in [-0.4, -0.2) is 50.3 Å². The van der Waals surface area contributed by atoms with E-state index in [1.807, 2.05) is 0 Å². The van der Waals surface area contributed by atoms with Gasteiger partial charge >= 0.3 is 5.97 Å². The van der Waals surface area contributed by atoms with Crippen molar-refractivity contribution in [2.45, 2.75) is 76.2 Å². The summed E-state index contributed by atoms with van der Waals surface area (Å²) >= 11 is 0. The number of piperidine rings is 1. The Balaban J connectivity index is 1.60. The zero-order valence-corrected chi connectivity index (χ0v) is 19.9. The quantitative estimate of drug-likeness (QED) is 0.469. The molecule has 0 radical (unpaired) electrons. The van der Waals surface area contributed by atoms with E-state index in [0.717, 1.165) is 38.5 Å². The second-order valence-electron chi connectivity index (χ2n) is 8.64. The van der Waals surface area contributed by atoms with E-state index in [0.29, 0.717) is 25.2 Å². The molecule has 0 bridgehead atoms. The summed E-state index contributed by atoms with van der Waals surface area (Å²) < 4.78 is 32.9. The molecule has 1 fully saturated rings.